The van der Waals surface area contributed by atoms with E-state index in [2.05, 4.69) is 16.2 Å². The van der Waals surface area contributed by atoms with Gasteiger partial charge in [-0.3, -0.25) is 25.8 Å². The van der Waals surface area contributed by atoms with E-state index in [1.165, 1.54) is 7.11 Å². The molecule has 2 aromatic rings. The fourth-order valence-electron chi connectivity index (χ4n) is 2.24. The number of methoxy groups -OCH3 is 1. The van der Waals surface area contributed by atoms with Gasteiger partial charge in [-0.25, -0.2) is 0 Å². The molecule has 0 bridgehead atoms. The molecular weight excluding hydrogens is 394 g/mol. The largest absolute Gasteiger partial charge is 0.493 e. The predicted octanol–water partition coefficient (Wildman–Crippen LogP) is 2.20. The van der Waals surface area contributed by atoms with Gasteiger partial charge in [-0.05, 0) is 42.9 Å². The van der Waals surface area contributed by atoms with Crippen LogP contribution in [0.1, 0.15) is 23.7 Å². The van der Waals surface area contributed by atoms with E-state index in [9.17, 15) is 9.59 Å². The number of amides is 2. The average molecular weight is 417 g/mol. The molecule has 0 saturated carbocycles. The number of hydrogen-bond acceptors (Lipinski definition) is 6. The first-order valence-electron chi connectivity index (χ1n) is 8.93. The molecule has 0 aliphatic carbocycles. The lowest BCUT2D eigenvalue weighted by Gasteiger charge is -2.14. The predicted molar refractivity (Wildman–Crippen MR) is 112 cm³/mol. The Morgan fingerprint density at radius 1 is 0.931 bits per heavy atom. The third kappa shape index (κ3) is 6.96. The number of hydrazine groups is 1. The van der Waals surface area contributed by atoms with Gasteiger partial charge in [-0.1, -0.05) is 31.2 Å². The van der Waals surface area contributed by atoms with E-state index in [1.807, 2.05) is 6.92 Å². The van der Waals surface area contributed by atoms with Crippen molar-refractivity contribution >= 4 is 29.1 Å². The average Bonchev–Trinajstić information content (AvgIpc) is 2.75. The van der Waals surface area contributed by atoms with Gasteiger partial charge in [0.1, 0.15) is 5.75 Å². The standard InChI is InChI=1S/C20H23N3O5S/c1-3-12-27-15-9-5-4-8-14(15)19(25)21-20(29)23-22-18(24)13-28-17-11-7-6-10-16(17)26-2/h4-11H,3,12-13H2,1-2H3,(H,22,24)(H2,21,23,25,29). The van der Waals surface area contributed by atoms with Crippen molar-refractivity contribution in [3.8, 4) is 17.2 Å². The lowest BCUT2D eigenvalue weighted by atomic mass is 10.2. The molecule has 0 spiro atoms. The second-order valence-corrected chi connectivity index (χ2v) is 6.15. The van der Waals surface area contributed by atoms with Crippen LogP contribution < -0.4 is 30.4 Å². The Kier molecular flexibility index (Phi) is 8.71. The van der Waals surface area contributed by atoms with E-state index in [0.717, 1.165) is 6.42 Å². The minimum atomic E-state index is -0.487. The molecule has 0 fully saturated rings. The Bertz CT molecular complexity index is 860. The molecule has 0 heterocycles. The molecule has 2 rings (SSSR count). The minimum Gasteiger partial charge on any atom is -0.493 e. The number of carbonyl (C=O) groups excluding carboxylic acids is 2. The van der Waals surface area contributed by atoms with Crippen molar-refractivity contribution in [2.75, 3.05) is 20.3 Å². The molecule has 0 atom stereocenters. The van der Waals surface area contributed by atoms with Crippen LogP contribution >= 0.6 is 12.2 Å². The first-order valence-corrected chi connectivity index (χ1v) is 9.33. The van der Waals surface area contributed by atoms with Crippen LogP contribution in [0.3, 0.4) is 0 Å². The molecule has 0 radical (unpaired) electrons. The van der Waals surface area contributed by atoms with Gasteiger partial charge in [0.15, 0.2) is 23.2 Å². The zero-order chi connectivity index (χ0) is 21.1. The van der Waals surface area contributed by atoms with Gasteiger partial charge >= 0.3 is 0 Å². The summed E-state index contributed by atoms with van der Waals surface area (Å²) in [7, 11) is 1.51. The number of carbonyl (C=O) groups is 2. The molecule has 154 valence electrons. The smallest absolute Gasteiger partial charge is 0.276 e. The summed E-state index contributed by atoms with van der Waals surface area (Å²) in [4.78, 5) is 24.3. The second kappa shape index (κ2) is 11.5. The topological polar surface area (TPSA) is 97.9 Å². The summed E-state index contributed by atoms with van der Waals surface area (Å²) in [6, 6.07) is 13.8. The Hall–Kier alpha value is -3.33. The van der Waals surface area contributed by atoms with Gasteiger partial charge in [0, 0.05) is 0 Å². The third-order valence-electron chi connectivity index (χ3n) is 3.56. The van der Waals surface area contributed by atoms with Gasteiger partial charge < -0.3 is 14.2 Å². The maximum absolute atomic E-state index is 12.4. The summed E-state index contributed by atoms with van der Waals surface area (Å²) >= 11 is 5.04. The molecule has 2 aromatic carbocycles. The zero-order valence-electron chi connectivity index (χ0n) is 16.2. The van der Waals surface area contributed by atoms with Gasteiger partial charge in [-0.15, -0.1) is 0 Å². The summed E-state index contributed by atoms with van der Waals surface area (Å²) in [6.45, 7) is 2.20. The Labute approximate surface area is 174 Å². The highest BCUT2D eigenvalue weighted by Crippen LogP contribution is 2.25. The third-order valence-corrected chi connectivity index (χ3v) is 3.77. The lowest BCUT2D eigenvalue weighted by Crippen LogP contribution is -2.49. The number of nitrogens with one attached hydrogen (secondary N) is 3. The van der Waals surface area contributed by atoms with E-state index in [0.29, 0.717) is 29.4 Å². The molecule has 0 unspecified atom stereocenters. The normalized spacial score (nSPS) is 9.86. The van der Waals surface area contributed by atoms with E-state index in [4.69, 9.17) is 26.4 Å². The molecule has 3 N–H and O–H groups in total. The molecule has 0 aromatic heterocycles. The van der Waals surface area contributed by atoms with Crippen LogP contribution in [-0.4, -0.2) is 37.3 Å². The molecule has 0 aliphatic heterocycles. The van der Waals surface area contributed by atoms with Crippen molar-refractivity contribution in [3.05, 3.63) is 54.1 Å². The number of benzene rings is 2. The molecule has 29 heavy (non-hydrogen) atoms. The molecule has 9 heteroatoms. The first-order chi connectivity index (χ1) is 14.0. The van der Waals surface area contributed by atoms with Gasteiger partial charge in [0.2, 0.25) is 0 Å². The number of thiocarbonyl (C=S) groups is 1. The van der Waals surface area contributed by atoms with Crippen molar-refractivity contribution in [2.24, 2.45) is 0 Å². The monoisotopic (exact) mass is 417 g/mol. The molecule has 8 nitrogen and oxygen atoms in total. The second-order valence-electron chi connectivity index (χ2n) is 5.74. The fraction of sp³-hybridized carbons (Fsp3) is 0.250. The van der Waals surface area contributed by atoms with Gasteiger partial charge in [-0.2, -0.15) is 0 Å². The Morgan fingerprint density at radius 2 is 1.59 bits per heavy atom. The maximum Gasteiger partial charge on any atom is 0.276 e. The number of rotatable bonds is 8. The van der Waals surface area contributed by atoms with Crippen LogP contribution in [0.5, 0.6) is 17.2 Å². The van der Waals surface area contributed by atoms with Crippen molar-refractivity contribution < 1.29 is 23.8 Å². The van der Waals surface area contributed by atoms with Crippen LogP contribution in [0.4, 0.5) is 0 Å². The summed E-state index contributed by atoms with van der Waals surface area (Å²) in [5, 5.41) is 2.42. The summed E-state index contributed by atoms with van der Waals surface area (Å²) in [5.74, 6) is 0.474. The quantitative estimate of drug-likeness (QED) is 0.447. The van der Waals surface area contributed by atoms with Crippen LogP contribution in [-0.2, 0) is 4.79 Å². The minimum absolute atomic E-state index is 0.0639. The highest BCUT2D eigenvalue weighted by atomic mass is 32.1. The number of para-hydroxylation sites is 3. The number of hydrogen-bond donors (Lipinski definition) is 3. The number of ether oxygens (including phenoxy) is 3. The van der Waals surface area contributed by atoms with E-state index < -0.39 is 11.8 Å². The van der Waals surface area contributed by atoms with E-state index in [1.54, 1.807) is 48.5 Å². The molecular formula is C20H23N3O5S. The van der Waals surface area contributed by atoms with E-state index in [-0.39, 0.29) is 11.7 Å². The highest BCUT2D eigenvalue weighted by Gasteiger charge is 2.14. The Morgan fingerprint density at radius 3 is 2.28 bits per heavy atom. The van der Waals surface area contributed by atoms with Gasteiger partial charge in [0.05, 0.1) is 19.3 Å². The fourth-order valence-corrected chi connectivity index (χ4v) is 2.38. The summed E-state index contributed by atoms with van der Waals surface area (Å²) in [6.07, 6.45) is 0.818. The molecule has 0 saturated heterocycles. The van der Waals surface area contributed by atoms with Crippen LogP contribution in [0, 0.1) is 0 Å². The van der Waals surface area contributed by atoms with Gasteiger partial charge in [0.25, 0.3) is 11.8 Å². The van der Waals surface area contributed by atoms with Crippen LogP contribution in [0.25, 0.3) is 0 Å². The molecule has 2 amide bonds. The van der Waals surface area contributed by atoms with Crippen LogP contribution in [0.15, 0.2) is 48.5 Å². The summed E-state index contributed by atoms with van der Waals surface area (Å²) < 4.78 is 16.1. The van der Waals surface area contributed by atoms with Crippen LogP contribution in [0.2, 0.25) is 0 Å². The first kappa shape index (κ1) is 22.0. The maximum atomic E-state index is 12.4. The van der Waals surface area contributed by atoms with Crippen molar-refractivity contribution in [2.45, 2.75) is 13.3 Å². The highest BCUT2D eigenvalue weighted by molar-refractivity contribution is 7.80. The van der Waals surface area contributed by atoms with Crippen molar-refractivity contribution in [1.82, 2.24) is 16.2 Å². The van der Waals surface area contributed by atoms with E-state index >= 15 is 0 Å². The Balaban J connectivity index is 1.80. The summed E-state index contributed by atoms with van der Waals surface area (Å²) in [5.41, 5.74) is 5.16. The lowest BCUT2D eigenvalue weighted by molar-refractivity contribution is -0.123. The van der Waals surface area contributed by atoms with Crippen molar-refractivity contribution in [1.29, 1.82) is 0 Å². The SMILES string of the molecule is CCCOc1ccccc1C(=O)NC(=S)NNC(=O)COc1ccccc1OC. The van der Waals surface area contributed by atoms with Crippen molar-refractivity contribution in [3.63, 3.8) is 0 Å². The molecule has 0 aliphatic rings. The zero-order valence-corrected chi connectivity index (χ0v) is 17.0.